The molecule has 0 aliphatic heterocycles. The van der Waals surface area contributed by atoms with Gasteiger partial charge < -0.3 is 4.57 Å². The van der Waals surface area contributed by atoms with Gasteiger partial charge in [-0.25, -0.2) is 0 Å². The van der Waals surface area contributed by atoms with Crippen LogP contribution in [0.25, 0.3) is 0 Å². The van der Waals surface area contributed by atoms with Crippen molar-refractivity contribution in [2.45, 2.75) is 44.8 Å². The van der Waals surface area contributed by atoms with Crippen molar-refractivity contribution >= 4 is 5.78 Å². The third-order valence-corrected chi connectivity index (χ3v) is 3.26. The number of hydrogen-bond acceptors (Lipinski definition) is 2. The van der Waals surface area contributed by atoms with Gasteiger partial charge in [0.05, 0.1) is 0 Å². The van der Waals surface area contributed by atoms with Crippen LogP contribution in [-0.2, 0) is 13.0 Å². The number of carbonyl (C=O) groups excluding carboxylic acids is 1. The molecule has 3 nitrogen and oxygen atoms in total. The molecule has 0 saturated heterocycles. The van der Waals surface area contributed by atoms with E-state index in [4.69, 9.17) is 0 Å². The van der Waals surface area contributed by atoms with Crippen LogP contribution >= 0.6 is 0 Å². The van der Waals surface area contributed by atoms with E-state index in [0.29, 0.717) is 30.5 Å². The highest BCUT2D eigenvalue weighted by Gasteiger charge is 2.27. The highest BCUT2D eigenvalue weighted by molar-refractivity contribution is 5.97. The minimum absolute atomic E-state index is 0.00873. The Morgan fingerprint density at radius 2 is 1.89 bits per heavy atom. The van der Waals surface area contributed by atoms with Crippen molar-refractivity contribution in [3.05, 3.63) is 33.7 Å². The van der Waals surface area contributed by atoms with Crippen molar-refractivity contribution in [3.63, 3.8) is 0 Å². The number of halogens is 3. The molecular weight excluding hydrogens is 259 g/mol. The molecule has 1 aliphatic carbocycles. The van der Waals surface area contributed by atoms with Crippen LogP contribution in [0.2, 0.25) is 0 Å². The van der Waals surface area contributed by atoms with Crippen molar-refractivity contribution in [3.8, 4) is 0 Å². The van der Waals surface area contributed by atoms with Crippen molar-refractivity contribution in [1.29, 1.82) is 0 Å². The Kier molecular flexibility index (Phi) is 3.78. The topological polar surface area (TPSA) is 39.1 Å². The van der Waals surface area contributed by atoms with E-state index in [-0.39, 0.29) is 24.3 Å². The molecule has 0 N–H and O–H groups in total. The van der Waals surface area contributed by atoms with Crippen LogP contribution in [0.4, 0.5) is 13.2 Å². The number of ketones is 1. The summed E-state index contributed by atoms with van der Waals surface area (Å²) in [5.74, 6) is -0.0363. The zero-order valence-corrected chi connectivity index (χ0v) is 10.3. The van der Waals surface area contributed by atoms with E-state index in [1.54, 1.807) is 0 Å². The highest BCUT2D eigenvalue weighted by atomic mass is 19.4. The second-order valence-corrected chi connectivity index (χ2v) is 4.68. The van der Waals surface area contributed by atoms with Gasteiger partial charge >= 0.3 is 6.18 Å². The molecule has 0 bridgehead atoms. The lowest BCUT2D eigenvalue weighted by atomic mass is 9.94. The standard InChI is InChI=1S/C13H14F3NO2/c14-13(15,16)7-2-8-17-10-3-1-4-11(18)9(10)5-6-12(17)19/h5-6H,1-4,7-8H2. The molecule has 0 aromatic carbocycles. The Hall–Kier alpha value is -1.59. The monoisotopic (exact) mass is 273 g/mol. The molecule has 104 valence electrons. The summed E-state index contributed by atoms with van der Waals surface area (Å²) >= 11 is 0. The summed E-state index contributed by atoms with van der Waals surface area (Å²) in [6.07, 6.45) is -3.62. The molecule has 1 heterocycles. The fourth-order valence-corrected chi connectivity index (χ4v) is 2.38. The first-order chi connectivity index (χ1) is 8.88. The number of fused-ring (bicyclic) bond motifs is 1. The molecule has 19 heavy (non-hydrogen) atoms. The Bertz CT molecular complexity index is 546. The molecule has 0 saturated carbocycles. The molecule has 0 unspecified atom stereocenters. The van der Waals surface area contributed by atoms with Gasteiger partial charge in [-0.05, 0) is 25.3 Å². The molecule has 0 atom stereocenters. The largest absolute Gasteiger partial charge is 0.389 e. The van der Waals surface area contributed by atoms with E-state index in [1.807, 2.05) is 0 Å². The van der Waals surface area contributed by atoms with Gasteiger partial charge in [-0.15, -0.1) is 0 Å². The lowest BCUT2D eigenvalue weighted by Crippen LogP contribution is -2.28. The Labute approximate surface area is 108 Å². The van der Waals surface area contributed by atoms with E-state index >= 15 is 0 Å². The fourth-order valence-electron chi connectivity index (χ4n) is 2.38. The van der Waals surface area contributed by atoms with Crippen molar-refractivity contribution in [2.24, 2.45) is 0 Å². The maximum absolute atomic E-state index is 12.1. The summed E-state index contributed by atoms with van der Waals surface area (Å²) < 4.78 is 37.7. The Balaban J connectivity index is 2.22. The molecule has 0 amide bonds. The Morgan fingerprint density at radius 1 is 1.16 bits per heavy atom. The molecule has 1 aliphatic rings. The normalized spacial score (nSPS) is 15.4. The van der Waals surface area contributed by atoms with Gasteiger partial charge in [0.1, 0.15) is 0 Å². The fraction of sp³-hybridized carbons (Fsp3) is 0.538. The van der Waals surface area contributed by atoms with E-state index in [1.165, 1.54) is 16.7 Å². The van der Waals surface area contributed by atoms with Gasteiger partial charge in [0, 0.05) is 36.7 Å². The number of alkyl halides is 3. The van der Waals surface area contributed by atoms with Crippen LogP contribution in [0.15, 0.2) is 16.9 Å². The summed E-state index contributed by atoms with van der Waals surface area (Å²) in [5, 5.41) is 0. The van der Waals surface area contributed by atoms with Crippen LogP contribution in [0.5, 0.6) is 0 Å². The molecule has 1 aromatic rings. The van der Waals surface area contributed by atoms with Gasteiger partial charge in [-0.2, -0.15) is 13.2 Å². The number of hydrogen-bond donors (Lipinski definition) is 0. The van der Waals surface area contributed by atoms with Crippen molar-refractivity contribution < 1.29 is 18.0 Å². The van der Waals surface area contributed by atoms with Crippen molar-refractivity contribution in [1.82, 2.24) is 4.57 Å². The summed E-state index contributed by atoms with van der Waals surface area (Å²) in [7, 11) is 0. The van der Waals surface area contributed by atoms with E-state index in [0.717, 1.165) is 0 Å². The van der Waals surface area contributed by atoms with Crippen LogP contribution < -0.4 is 5.56 Å². The third-order valence-electron chi connectivity index (χ3n) is 3.26. The summed E-state index contributed by atoms with van der Waals surface area (Å²) in [6, 6.07) is 2.75. The van der Waals surface area contributed by atoms with Gasteiger partial charge in [-0.1, -0.05) is 0 Å². The molecule has 0 spiro atoms. The summed E-state index contributed by atoms with van der Waals surface area (Å²) in [5.41, 5.74) is 0.736. The molecule has 1 aromatic heterocycles. The smallest absolute Gasteiger partial charge is 0.312 e. The van der Waals surface area contributed by atoms with Gasteiger partial charge in [-0.3, -0.25) is 9.59 Å². The van der Waals surface area contributed by atoms with Gasteiger partial charge in [0.15, 0.2) is 5.78 Å². The first-order valence-electron chi connectivity index (χ1n) is 6.21. The number of Topliss-reactive ketones (excluding diaryl/α,β-unsaturated/α-hetero) is 1. The van der Waals surface area contributed by atoms with E-state index in [2.05, 4.69) is 0 Å². The molecule has 2 rings (SSSR count). The SMILES string of the molecule is O=C1CCCc2c1ccc(=O)n2CCCC(F)(F)F. The number of aromatic nitrogens is 1. The zero-order chi connectivity index (χ0) is 14.0. The minimum Gasteiger partial charge on any atom is -0.312 e. The lowest BCUT2D eigenvalue weighted by molar-refractivity contribution is -0.135. The number of pyridine rings is 1. The Morgan fingerprint density at radius 3 is 2.58 bits per heavy atom. The van der Waals surface area contributed by atoms with E-state index in [9.17, 15) is 22.8 Å². The second kappa shape index (κ2) is 5.19. The molecule has 0 radical (unpaired) electrons. The molecule has 6 heteroatoms. The zero-order valence-electron chi connectivity index (χ0n) is 10.3. The maximum atomic E-state index is 12.1. The predicted molar refractivity (Wildman–Crippen MR) is 63.3 cm³/mol. The number of carbonyl (C=O) groups is 1. The summed E-state index contributed by atoms with van der Waals surface area (Å²) in [4.78, 5) is 23.4. The third kappa shape index (κ3) is 3.24. The van der Waals surface area contributed by atoms with Crippen LogP contribution in [0, 0.1) is 0 Å². The number of rotatable bonds is 3. The van der Waals surface area contributed by atoms with Crippen LogP contribution in [0.1, 0.15) is 41.7 Å². The van der Waals surface area contributed by atoms with Gasteiger partial charge in [0.2, 0.25) is 0 Å². The number of nitrogens with zero attached hydrogens (tertiary/aromatic N) is 1. The van der Waals surface area contributed by atoms with Crippen molar-refractivity contribution in [2.75, 3.05) is 0 Å². The maximum Gasteiger partial charge on any atom is 0.389 e. The lowest BCUT2D eigenvalue weighted by Gasteiger charge is -2.20. The van der Waals surface area contributed by atoms with Crippen LogP contribution in [0.3, 0.4) is 0 Å². The first-order valence-corrected chi connectivity index (χ1v) is 6.21. The van der Waals surface area contributed by atoms with Gasteiger partial charge in [0.25, 0.3) is 5.56 Å². The average molecular weight is 273 g/mol. The summed E-state index contributed by atoms with van der Waals surface area (Å²) in [6.45, 7) is 0.00873. The van der Waals surface area contributed by atoms with E-state index < -0.39 is 12.6 Å². The second-order valence-electron chi connectivity index (χ2n) is 4.68. The average Bonchev–Trinajstić information content (AvgIpc) is 2.31. The molecular formula is C13H14F3NO2. The first kappa shape index (κ1) is 13.8. The van der Waals surface area contributed by atoms with Crippen LogP contribution in [-0.4, -0.2) is 16.5 Å². The quantitative estimate of drug-likeness (QED) is 0.849. The minimum atomic E-state index is -4.21. The highest BCUT2D eigenvalue weighted by Crippen LogP contribution is 2.23. The predicted octanol–water partition coefficient (Wildman–Crippen LogP) is 2.71. The molecule has 0 fully saturated rings.